The van der Waals surface area contributed by atoms with Gasteiger partial charge in [0.15, 0.2) is 0 Å². The van der Waals surface area contributed by atoms with E-state index in [-0.39, 0.29) is 5.12 Å². The molecule has 0 fully saturated rings. The molecule has 0 aromatic heterocycles. The van der Waals surface area contributed by atoms with Gasteiger partial charge in [0.25, 0.3) is 0 Å². The van der Waals surface area contributed by atoms with Crippen LogP contribution < -0.4 is 0 Å². The van der Waals surface area contributed by atoms with Gasteiger partial charge < -0.3 is 0 Å². The lowest BCUT2D eigenvalue weighted by atomic mass is 10.0. The SMILES string of the molecule is Cc1ccc(SC(=O)c2c(C)cccc2C)cc1. The van der Waals surface area contributed by atoms with Crippen LogP contribution in [0.25, 0.3) is 0 Å². The Balaban J connectivity index is 2.25. The topological polar surface area (TPSA) is 17.1 Å². The van der Waals surface area contributed by atoms with Gasteiger partial charge in [-0.05, 0) is 55.8 Å². The number of carbonyl (C=O) groups is 1. The smallest absolute Gasteiger partial charge is 0.224 e. The first-order valence-electron chi connectivity index (χ1n) is 5.93. The Morgan fingerprint density at radius 2 is 1.44 bits per heavy atom. The molecule has 0 N–H and O–H groups in total. The molecule has 0 aliphatic heterocycles. The Bertz CT molecular complexity index is 550. The van der Waals surface area contributed by atoms with E-state index in [4.69, 9.17) is 0 Å². The fourth-order valence-corrected chi connectivity index (χ4v) is 2.81. The molecule has 0 bridgehead atoms. The maximum Gasteiger partial charge on any atom is 0.224 e. The van der Waals surface area contributed by atoms with E-state index in [1.165, 1.54) is 17.3 Å². The van der Waals surface area contributed by atoms with E-state index in [2.05, 4.69) is 0 Å². The number of thioether (sulfide) groups is 1. The molecule has 0 aliphatic carbocycles. The van der Waals surface area contributed by atoms with Crippen molar-refractivity contribution in [2.24, 2.45) is 0 Å². The Hall–Kier alpha value is -1.54. The van der Waals surface area contributed by atoms with Crippen molar-refractivity contribution in [3.63, 3.8) is 0 Å². The zero-order valence-corrected chi connectivity index (χ0v) is 11.7. The standard InChI is InChI=1S/C16H16OS/c1-11-7-9-14(10-8-11)18-16(17)15-12(2)5-4-6-13(15)3/h4-10H,1-3H3. The van der Waals surface area contributed by atoms with Crippen LogP contribution in [0.3, 0.4) is 0 Å². The summed E-state index contributed by atoms with van der Waals surface area (Å²) < 4.78 is 0. The molecule has 2 aromatic rings. The fraction of sp³-hybridized carbons (Fsp3) is 0.188. The number of hydrogen-bond acceptors (Lipinski definition) is 2. The number of carbonyl (C=O) groups excluding carboxylic acids is 1. The van der Waals surface area contributed by atoms with Gasteiger partial charge in [0.2, 0.25) is 5.12 Å². The summed E-state index contributed by atoms with van der Waals surface area (Å²) in [5, 5.41) is 0.120. The van der Waals surface area contributed by atoms with Crippen LogP contribution in [0.15, 0.2) is 47.4 Å². The molecule has 0 saturated carbocycles. The highest BCUT2D eigenvalue weighted by Crippen LogP contribution is 2.26. The molecular weight excluding hydrogens is 240 g/mol. The number of rotatable bonds is 2. The molecule has 0 atom stereocenters. The second-order valence-electron chi connectivity index (χ2n) is 4.47. The summed E-state index contributed by atoms with van der Waals surface area (Å²) in [4.78, 5) is 13.3. The number of hydrogen-bond donors (Lipinski definition) is 0. The molecule has 0 heterocycles. The van der Waals surface area contributed by atoms with Crippen LogP contribution in [0, 0.1) is 20.8 Å². The zero-order chi connectivity index (χ0) is 13.1. The zero-order valence-electron chi connectivity index (χ0n) is 10.9. The first-order valence-corrected chi connectivity index (χ1v) is 6.74. The van der Waals surface area contributed by atoms with Crippen molar-refractivity contribution in [1.82, 2.24) is 0 Å². The summed E-state index contributed by atoms with van der Waals surface area (Å²) in [6.07, 6.45) is 0. The van der Waals surface area contributed by atoms with Crippen LogP contribution in [0.1, 0.15) is 27.0 Å². The van der Waals surface area contributed by atoms with Crippen molar-refractivity contribution in [3.05, 3.63) is 64.7 Å². The highest BCUT2D eigenvalue weighted by Gasteiger charge is 2.13. The van der Waals surface area contributed by atoms with Crippen LogP contribution in [0.5, 0.6) is 0 Å². The minimum absolute atomic E-state index is 0.120. The second-order valence-corrected chi connectivity index (χ2v) is 5.52. The van der Waals surface area contributed by atoms with Gasteiger partial charge >= 0.3 is 0 Å². The van der Waals surface area contributed by atoms with E-state index in [1.54, 1.807) is 0 Å². The molecular formula is C16H16OS. The minimum atomic E-state index is 0.120. The van der Waals surface area contributed by atoms with Crippen LogP contribution in [0.4, 0.5) is 0 Å². The molecule has 92 valence electrons. The quantitative estimate of drug-likeness (QED) is 0.733. The van der Waals surface area contributed by atoms with Gasteiger partial charge in [-0.2, -0.15) is 0 Å². The average molecular weight is 256 g/mol. The van der Waals surface area contributed by atoms with Crippen molar-refractivity contribution >= 4 is 16.9 Å². The van der Waals surface area contributed by atoms with Crippen LogP contribution in [-0.4, -0.2) is 5.12 Å². The van der Waals surface area contributed by atoms with Gasteiger partial charge in [0.05, 0.1) is 0 Å². The van der Waals surface area contributed by atoms with E-state index in [9.17, 15) is 4.79 Å². The predicted molar refractivity (Wildman–Crippen MR) is 77.3 cm³/mol. The Kier molecular flexibility index (Phi) is 3.87. The molecule has 0 aliphatic rings. The first-order chi connectivity index (χ1) is 8.58. The van der Waals surface area contributed by atoms with Crippen molar-refractivity contribution < 1.29 is 4.79 Å². The number of aryl methyl sites for hydroxylation is 3. The molecule has 0 radical (unpaired) electrons. The molecule has 0 spiro atoms. The normalized spacial score (nSPS) is 10.4. The van der Waals surface area contributed by atoms with Gasteiger partial charge in [-0.15, -0.1) is 0 Å². The van der Waals surface area contributed by atoms with Gasteiger partial charge in [0, 0.05) is 10.5 Å². The Morgan fingerprint density at radius 1 is 0.889 bits per heavy atom. The van der Waals surface area contributed by atoms with Gasteiger partial charge in [-0.3, -0.25) is 4.79 Å². The summed E-state index contributed by atoms with van der Waals surface area (Å²) in [7, 11) is 0. The third-order valence-corrected chi connectivity index (χ3v) is 3.81. The van der Waals surface area contributed by atoms with Gasteiger partial charge in [0.1, 0.15) is 0 Å². The predicted octanol–water partition coefficient (Wildman–Crippen LogP) is 4.54. The first kappa shape index (κ1) is 12.9. The van der Waals surface area contributed by atoms with E-state index in [0.29, 0.717) is 0 Å². The van der Waals surface area contributed by atoms with Gasteiger partial charge in [-0.25, -0.2) is 0 Å². The lowest BCUT2D eigenvalue weighted by Gasteiger charge is -2.08. The third-order valence-electron chi connectivity index (χ3n) is 2.92. The highest BCUT2D eigenvalue weighted by atomic mass is 32.2. The van der Waals surface area contributed by atoms with E-state index in [1.807, 2.05) is 63.2 Å². The van der Waals surface area contributed by atoms with Crippen LogP contribution in [-0.2, 0) is 0 Å². The number of benzene rings is 2. The average Bonchev–Trinajstić information content (AvgIpc) is 2.32. The lowest BCUT2D eigenvalue weighted by molar-refractivity contribution is 0.108. The summed E-state index contributed by atoms with van der Waals surface area (Å²) >= 11 is 1.29. The summed E-state index contributed by atoms with van der Waals surface area (Å²) in [5.74, 6) is 0. The summed E-state index contributed by atoms with van der Waals surface area (Å²) in [5.41, 5.74) is 4.13. The molecule has 18 heavy (non-hydrogen) atoms. The largest absolute Gasteiger partial charge is 0.281 e. The van der Waals surface area contributed by atoms with Crippen molar-refractivity contribution in [2.75, 3.05) is 0 Å². The van der Waals surface area contributed by atoms with E-state index < -0.39 is 0 Å². The molecule has 0 unspecified atom stereocenters. The molecule has 2 heteroatoms. The van der Waals surface area contributed by atoms with Crippen LogP contribution >= 0.6 is 11.8 Å². The lowest BCUT2D eigenvalue weighted by Crippen LogP contribution is -2.00. The maximum atomic E-state index is 12.3. The molecule has 1 nitrogen and oxygen atoms in total. The third kappa shape index (κ3) is 2.82. The van der Waals surface area contributed by atoms with Crippen molar-refractivity contribution in [3.8, 4) is 0 Å². The minimum Gasteiger partial charge on any atom is -0.281 e. The summed E-state index contributed by atoms with van der Waals surface area (Å²) in [6.45, 7) is 6.01. The second kappa shape index (κ2) is 5.40. The molecule has 0 amide bonds. The van der Waals surface area contributed by atoms with E-state index >= 15 is 0 Å². The molecule has 0 saturated heterocycles. The van der Waals surface area contributed by atoms with E-state index in [0.717, 1.165) is 21.6 Å². The van der Waals surface area contributed by atoms with Crippen LogP contribution in [0.2, 0.25) is 0 Å². The van der Waals surface area contributed by atoms with Gasteiger partial charge in [-0.1, -0.05) is 35.9 Å². The van der Waals surface area contributed by atoms with Crippen molar-refractivity contribution in [1.29, 1.82) is 0 Å². The fourth-order valence-electron chi connectivity index (χ4n) is 1.90. The molecule has 2 aromatic carbocycles. The summed E-state index contributed by atoms with van der Waals surface area (Å²) in [6, 6.07) is 14.0. The highest BCUT2D eigenvalue weighted by molar-refractivity contribution is 8.14. The monoisotopic (exact) mass is 256 g/mol. The Labute approximate surface area is 112 Å². The van der Waals surface area contributed by atoms with Crippen molar-refractivity contribution in [2.45, 2.75) is 25.7 Å². The molecule has 2 rings (SSSR count). The maximum absolute atomic E-state index is 12.3. The Morgan fingerprint density at radius 3 is 2.00 bits per heavy atom.